The van der Waals surface area contributed by atoms with Gasteiger partial charge >= 0.3 is 17.9 Å². The first-order chi connectivity index (χ1) is 13.8. The van der Waals surface area contributed by atoms with Crippen molar-refractivity contribution in [3.63, 3.8) is 0 Å². The van der Waals surface area contributed by atoms with Crippen molar-refractivity contribution >= 4 is 23.6 Å². The van der Waals surface area contributed by atoms with Gasteiger partial charge in [-0.05, 0) is 63.5 Å². The Bertz CT molecular complexity index is 830. The van der Waals surface area contributed by atoms with Gasteiger partial charge in [-0.2, -0.15) is 5.10 Å². The Hall–Kier alpha value is -2.97. The molecule has 1 atom stereocenters. The van der Waals surface area contributed by atoms with Gasteiger partial charge in [0.2, 0.25) is 0 Å². The molecule has 0 unspecified atom stereocenters. The summed E-state index contributed by atoms with van der Waals surface area (Å²) in [5.41, 5.74) is 4.31. The fraction of sp³-hybridized carbons (Fsp3) is 0.550. The summed E-state index contributed by atoms with van der Waals surface area (Å²) in [4.78, 5) is 39.2. The summed E-state index contributed by atoms with van der Waals surface area (Å²) in [6.07, 6.45) is 6.66. The monoisotopic (exact) mass is 401 g/mol. The van der Waals surface area contributed by atoms with E-state index in [1.807, 2.05) is 19.9 Å². The molecular formula is C20H27N5O4. The SMILES string of the molecule is CNC(=O)C(=O)N[C@@H](C)CC1CCC2(CC1)OC(=O)NN=C2c1ccncc1C. The molecule has 0 saturated heterocycles. The van der Waals surface area contributed by atoms with Gasteiger partial charge in [0, 0.05) is 31.0 Å². The molecule has 3 amide bonds. The number of aryl methyl sites for hydroxylation is 1. The van der Waals surface area contributed by atoms with Gasteiger partial charge in [0.25, 0.3) is 0 Å². The Balaban J connectivity index is 1.67. The summed E-state index contributed by atoms with van der Waals surface area (Å²) in [5.74, 6) is -0.911. The zero-order valence-corrected chi connectivity index (χ0v) is 16.9. The molecule has 0 radical (unpaired) electrons. The largest absolute Gasteiger partial charge is 0.435 e. The number of hydrogen-bond acceptors (Lipinski definition) is 6. The molecule has 156 valence electrons. The molecule has 29 heavy (non-hydrogen) atoms. The number of carbonyl (C=O) groups excluding carboxylic acids is 3. The van der Waals surface area contributed by atoms with Crippen LogP contribution >= 0.6 is 0 Å². The van der Waals surface area contributed by atoms with Crippen LogP contribution in [-0.2, 0) is 14.3 Å². The first-order valence-electron chi connectivity index (χ1n) is 9.85. The third kappa shape index (κ3) is 4.55. The minimum absolute atomic E-state index is 0.120. The summed E-state index contributed by atoms with van der Waals surface area (Å²) in [5, 5.41) is 9.38. The van der Waals surface area contributed by atoms with E-state index in [2.05, 4.69) is 26.1 Å². The van der Waals surface area contributed by atoms with E-state index in [-0.39, 0.29) is 6.04 Å². The Labute approximate surface area is 169 Å². The fourth-order valence-corrected chi connectivity index (χ4v) is 4.18. The Morgan fingerprint density at radius 1 is 1.34 bits per heavy atom. The number of pyridine rings is 1. The number of carbonyl (C=O) groups is 3. The second-order valence-corrected chi connectivity index (χ2v) is 7.78. The molecule has 1 saturated carbocycles. The van der Waals surface area contributed by atoms with E-state index in [9.17, 15) is 14.4 Å². The maximum absolute atomic E-state index is 11.9. The van der Waals surface area contributed by atoms with Crippen molar-refractivity contribution in [2.24, 2.45) is 11.0 Å². The van der Waals surface area contributed by atoms with Gasteiger partial charge in [-0.3, -0.25) is 14.6 Å². The second-order valence-electron chi connectivity index (χ2n) is 7.78. The maximum Gasteiger partial charge on any atom is 0.428 e. The molecular weight excluding hydrogens is 374 g/mol. The smallest absolute Gasteiger partial charge is 0.428 e. The van der Waals surface area contributed by atoms with Gasteiger partial charge in [-0.25, -0.2) is 10.2 Å². The van der Waals surface area contributed by atoms with Crippen LogP contribution in [0.15, 0.2) is 23.6 Å². The summed E-state index contributed by atoms with van der Waals surface area (Å²) in [6.45, 7) is 3.85. The number of nitrogens with one attached hydrogen (secondary N) is 3. The van der Waals surface area contributed by atoms with E-state index in [0.29, 0.717) is 18.8 Å². The van der Waals surface area contributed by atoms with Crippen molar-refractivity contribution < 1.29 is 19.1 Å². The van der Waals surface area contributed by atoms with Gasteiger partial charge in [-0.15, -0.1) is 0 Å². The van der Waals surface area contributed by atoms with Crippen molar-refractivity contribution in [2.75, 3.05) is 7.05 Å². The second kappa shape index (κ2) is 8.59. The normalized spacial score (nSPS) is 24.7. The van der Waals surface area contributed by atoms with Gasteiger partial charge in [0.1, 0.15) is 5.71 Å². The topological polar surface area (TPSA) is 122 Å². The molecule has 2 heterocycles. The van der Waals surface area contributed by atoms with Crippen LogP contribution in [0, 0.1) is 12.8 Å². The molecule has 0 bridgehead atoms. The van der Waals surface area contributed by atoms with Crippen LogP contribution in [0.1, 0.15) is 50.2 Å². The van der Waals surface area contributed by atoms with Crippen LogP contribution in [0.5, 0.6) is 0 Å². The van der Waals surface area contributed by atoms with Crippen molar-refractivity contribution in [3.8, 4) is 0 Å². The van der Waals surface area contributed by atoms with Crippen LogP contribution in [0.4, 0.5) is 4.79 Å². The molecule has 3 N–H and O–H groups in total. The number of aromatic nitrogens is 1. The highest BCUT2D eigenvalue weighted by atomic mass is 16.6. The molecule has 3 rings (SSSR count). The number of amides is 3. The van der Waals surface area contributed by atoms with Crippen molar-refractivity contribution in [3.05, 3.63) is 29.6 Å². The minimum atomic E-state index is -0.750. The fourth-order valence-electron chi connectivity index (χ4n) is 4.18. The van der Waals surface area contributed by atoms with E-state index in [1.54, 1.807) is 12.4 Å². The van der Waals surface area contributed by atoms with Crippen LogP contribution in [0.3, 0.4) is 0 Å². The van der Waals surface area contributed by atoms with Crippen LogP contribution < -0.4 is 16.1 Å². The van der Waals surface area contributed by atoms with E-state index in [1.165, 1.54) is 7.05 Å². The van der Waals surface area contributed by atoms with Crippen molar-refractivity contribution in [1.29, 1.82) is 0 Å². The Morgan fingerprint density at radius 3 is 2.72 bits per heavy atom. The Kier molecular flexibility index (Phi) is 6.14. The molecule has 1 aromatic rings. The maximum atomic E-state index is 11.9. The van der Waals surface area contributed by atoms with Crippen LogP contribution in [0.2, 0.25) is 0 Å². The van der Waals surface area contributed by atoms with E-state index < -0.39 is 23.5 Å². The molecule has 1 aromatic heterocycles. The van der Waals surface area contributed by atoms with Gasteiger partial charge in [0.05, 0.1) is 0 Å². The lowest BCUT2D eigenvalue weighted by Crippen LogP contribution is -2.52. The van der Waals surface area contributed by atoms with Crippen molar-refractivity contribution in [2.45, 2.75) is 57.6 Å². The molecule has 1 spiro atoms. The number of hydrogen-bond donors (Lipinski definition) is 3. The lowest BCUT2D eigenvalue weighted by Gasteiger charge is -2.42. The van der Waals surface area contributed by atoms with Crippen LogP contribution in [0.25, 0.3) is 0 Å². The predicted molar refractivity (Wildman–Crippen MR) is 106 cm³/mol. The quantitative estimate of drug-likeness (QED) is 0.659. The van der Waals surface area contributed by atoms with Crippen LogP contribution in [-0.4, -0.2) is 47.3 Å². The highest BCUT2D eigenvalue weighted by Crippen LogP contribution is 2.40. The average Bonchev–Trinajstić information content (AvgIpc) is 2.70. The average molecular weight is 401 g/mol. The van der Waals surface area contributed by atoms with Gasteiger partial charge in [0.15, 0.2) is 5.60 Å². The standard InChI is InChI=1S/C20H27N5O4/c1-12-11-22-9-6-15(12)16-20(29-19(28)25-24-16)7-4-14(5-8-20)10-13(2)23-18(27)17(26)21-3/h6,9,11,13-14H,4-5,7-8,10H2,1-3H3,(H,21,26)(H,23,27)(H,25,28)/t13-,14?,20?/m0/s1. The minimum Gasteiger partial charge on any atom is -0.435 e. The number of nitrogens with zero attached hydrogens (tertiary/aromatic N) is 2. The lowest BCUT2D eigenvalue weighted by atomic mass is 9.72. The molecule has 9 heteroatoms. The molecule has 9 nitrogen and oxygen atoms in total. The first-order valence-corrected chi connectivity index (χ1v) is 9.85. The third-order valence-electron chi connectivity index (χ3n) is 5.66. The highest BCUT2D eigenvalue weighted by Gasteiger charge is 2.46. The first kappa shape index (κ1) is 20.8. The van der Waals surface area contributed by atoms with E-state index in [0.717, 1.165) is 36.1 Å². The summed E-state index contributed by atoms with van der Waals surface area (Å²) in [6, 6.07) is 1.77. The van der Waals surface area contributed by atoms with E-state index in [4.69, 9.17) is 4.74 Å². The number of rotatable bonds is 4. The number of hydrazone groups is 1. The molecule has 1 fully saturated rings. The summed E-state index contributed by atoms with van der Waals surface area (Å²) >= 11 is 0. The third-order valence-corrected chi connectivity index (χ3v) is 5.66. The van der Waals surface area contributed by atoms with Crippen molar-refractivity contribution in [1.82, 2.24) is 21.0 Å². The molecule has 0 aromatic carbocycles. The summed E-state index contributed by atoms with van der Waals surface area (Å²) in [7, 11) is 1.43. The highest BCUT2D eigenvalue weighted by molar-refractivity contribution is 6.35. The lowest BCUT2D eigenvalue weighted by molar-refractivity contribution is -0.139. The number of likely N-dealkylation sites (N-methyl/N-ethyl adjacent to an activating group) is 1. The zero-order valence-electron chi connectivity index (χ0n) is 16.9. The Morgan fingerprint density at radius 2 is 2.07 bits per heavy atom. The van der Waals surface area contributed by atoms with Gasteiger partial charge < -0.3 is 15.4 Å². The summed E-state index contributed by atoms with van der Waals surface area (Å²) < 4.78 is 5.78. The molecule has 1 aliphatic carbocycles. The number of ether oxygens (including phenoxy) is 1. The predicted octanol–water partition coefficient (Wildman–Crippen LogP) is 1.40. The zero-order chi connectivity index (χ0) is 21.0. The molecule has 1 aliphatic heterocycles. The van der Waals surface area contributed by atoms with E-state index >= 15 is 0 Å². The molecule has 2 aliphatic rings. The van der Waals surface area contributed by atoms with Gasteiger partial charge in [-0.1, -0.05) is 0 Å².